The van der Waals surface area contributed by atoms with E-state index in [0.29, 0.717) is 17.5 Å². The lowest BCUT2D eigenvalue weighted by atomic mass is 10.2. The summed E-state index contributed by atoms with van der Waals surface area (Å²) in [6.07, 6.45) is 0. The molecule has 0 bridgehead atoms. The number of hydrogen-bond donors (Lipinski definition) is 1. The summed E-state index contributed by atoms with van der Waals surface area (Å²) in [5.41, 5.74) is 3.91. The van der Waals surface area contributed by atoms with Crippen LogP contribution in [0.4, 0.5) is 0 Å². The maximum atomic E-state index is 12.9. The lowest BCUT2D eigenvalue weighted by Gasteiger charge is -2.15. The number of aryl methyl sites for hydroxylation is 1. The normalized spacial score (nSPS) is 11.7. The minimum atomic E-state index is -0.387. The Balaban J connectivity index is 1.58. The van der Waals surface area contributed by atoms with Crippen LogP contribution in [0.25, 0.3) is 17.1 Å². The maximum Gasteiger partial charge on any atom is 0.233 e. The lowest BCUT2D eigenvalue weighted by Crippen LogP contribution is -2.30. The number of ether oxygens (including phenoxy) is 2. The van der Waals surface area contributed by atoms with Crippen LogP contribution in [-0.4, -0.2) is 40.1 Å². The average Bonchev–Trinajstić information content (AvgIpc) is 3.31. The van der Waals surface area contributed by atoms with E-state index in [-0.39, 0.29) is 11.2 Å². The van der Waals surface area contributed by atoms with Crippen LogP contribution in [0.15, 0.2) is 78.0 Å². The van der Waals surface area contributed by atoms with Gasteiger partial charge in [0.15, 0.2) is 11.0 Å². The van der Waals surface area contributed by atoms with E-state index in [0.717, 1.165) is 33.9 Å². The Kier molecular flexibility index (Phi) is 7.72. The molecular weight excluding hydrogens is 460 g/mol. The Hall–Kier alpha value is -3.78. The van der Waals surface area contributed by atoms with E-state index in [4.69, 9.17) is 9.47 Å². The Morgan fingerprint density at radius 1 is 0.971 bits per heavy atom. The number of carbonyl (C=O) groups is 1. The smallest absolute Gasteiger partial charge is 0.233 e. The number of carbonyl (C=O) groups excluding carboxylic acids is 1. The summed E-state index contributed by atoms with van der Waals surface area (Å²) >= 11 is 1.37. The van der Waals surface area contributed by atoms with Gasteiger partial charge in [0.2, 0.25) is 5.91 Å². The highest BCUT2D eigenvalue weighted by Gasteiger charge is 2.22. The number of nitrogens with one attached hydrogen (secondary N) is 1. The molecule has 35 heavy (non-hydrogen) atoms. The second-order valence-electron chi connectivity index (χ2n) is 8.00. The van der Waals surface area contributed by atoms with Crippen molar-refractivity contribution in [3.8, 4) is 28.6 Å². The van der Waals surface area contributed by atoms with Gasteiger partial charge in [0, 0.05) is 23.4 Å². The van der Waals surface area contributed by atoms with Crippen LogP contribution >= 0.6 is 11.8 Å². The molecule has 0 saturated carbocycles. The predicted molar refractivity (Wildman–Crippen MR) is 138 cm³/mol. The first kappa shape index (κ1) is 24.3. The van der Waals surface area contributed by atoms with Crippen LogP contribution in [0.3, 0.4) is 0 Å². The zero-order valence-electron chi connectivity index (χ0n) is 20.2. The van der Waals surface area contributed by atoms with Crippen molar-refractivity contribution in [1.82, 2.24) is 20.1 Å². The van der Waals surface area contributed by atoms with Crippen LogP contribution in [0.5, 0.6) is 11.5 Å². The second-order valence-corrected chi connectivity index (χ2v) is 9.30. The van der Waals surface area contributed by atoms with Gasteiger partial charge >= 0.3 is 0 Å². The van der Waals surface area contributed by atoms with Gasteiger partial charge in [-0.1, -0.05) is 47.7 Å². The molecule has 1 amide bonds. The fraction of sp³-hybridized carbons (Fsp3) is 0.222. The fourth-order valence-corrected chi connectivity index (χ4v) is 4.48. The molecule has 1 N–H and O–H groups in total. The van der Waals surface area contributed by atoms with E-state index in [1.54, 1.807) is 14.2 Å². The second kappa shape index (κ2) is 11.1. The minimum Gasteiger partial charge on any atom is -0.497 e. The Labute approximate surface area is 209 Å². The van der Waals surface area contributed by atoms with E-state index in [2.05, 4.69) is 15.5 Å². The Bertz CT molecular complexity index is 1290. The van der Waals surface area contributed by atoms with Crippen LogP contribution in [0, 0.1) is 6.92 Å². The third-order valence-corrected chi connectivity index (χ3v) is 6.61. The number of para-hydroxylation sites is 1. The molecule has 8 heteroatoms. The van der Waals surface area contributed by atoms with Crippen molar-refractivity contribution >= 4 is 17.7 Å². The number of benzene rings is 3. The Morgan fingerprint density at radius 3 is 2.37 bits per heavy atom. The standard InChI is InChI=1S/C27H28N4O3S/c1-18-9-13-22(14-10-18)31-25(20-11-15-23(33-3)16-12-20)29-30-27(31)35-19(2)26(32)28-17-21-7-5-6-8-24(21)34-4/h5-16,19H,17H2,1-4H3,(H,28,32). The number of hydrogen-bond acceptors (Lipinski definition) is 6. The minimum absolute atomic E-state index is 0.0923. The summed E-state index contributed by atoms with van der Waals surface area (Å²) in [6, 6.07) is 23.5. The van der Waals surface area contributed by atoms with Gasteiger partial charge in [-0.15, -0.1) is 10.2 Å². The first-order chi connectivity index (χ1) is 17.0. The highest BCUT2D eigenvalue weighted by Crippen LogP contribution is 2.31. The number of thioether (sulfide) groups is 1. The van der Waals surface area contributed by atoms with Crippen molar-refractivity contribution in [1.29, 1.82) is 0 Å². The zero-order valence-corrected chi connectivity index (χ0v) is 21.0. The summed E-state index contributed by atoms with van der Waals surface area (Å²) in [5, 5.41) is 12.2. The van der Waals surface area contributed by atoms with Crippen molar-refractivity contribution in [2.24, 2.45) is 0 Å². The summed E-state index contributed by atoms with van der Waals surface area (Å²) in [7, 11) is 3.26. The van der Waals surface area contributed by atoms with Gasteiger partial charge in [0.25, 0.3) is 0 Å². The molecule has 0 spiro atoms. The van der Waals surface area contributed by atoms with Crippen molar-refractivity contribution < 1.29 is 14.3 Å². The molecule has 7 nitrogen and oxygen atoms in total. The third kappa shape index (κ3) is 5.66. The molecule has 1 unspecified atom stereocenters. The summed E-state index contributed by atoms with van der Waals surface area (Å²) < 4.78 is 12.6. The number of methoxy groups -OCH3 is 2. The maximum absolute atomic E-state index is 12.9. The van der Waals surface area contributed by atoms with Crippen LogP contribution in [0.1, 0.15) is 18.1 Å². The molecule has 0 aliphatic heterocycles. The topological polar surface area (TPSA) is 78.3 Å². The van der Waals surface area contributed by atoms with Crippen LogP contribution < -0.4 is 14.8 Å². The fourth-order valence-electron chi connectivity index (χ4n) is 3.59. The van der Waals surface area contributed by atoms with Gasteiger partial charge in [0.05, 0.1) is 19.5 Å². The molecule has 0 aliphatic rings. The monoisotopic (exact) mass is 488 g/mol. The lowest BCUT2D eigenvalue weighted by molar-refractivity contribution is -0.120. The van der Waals surface area contributed by atoms with Gasteiger partial charge in [0.1, 0.15) is 11.5 Å². The largest absolute Gasteiger partial charge is 0.497 e. The first-order valence-corrected chi connectivity index (χ1v) is 12.1. The van der Waals surface area contributed by atoms with E-state index in [1.807, 2.05) is 91.2 Å². The Morgan fingerprint density at radius 2 is 1.69 bits per heavy atom. The van der Waals surface area contributed by atoms with E-state index in [1.165, 1.54) is 11.8 Å². The van der Waals surface area contributed by atoms with Gasteiger partial charge in [-0.2, -0.15) is 0 Å². The number of nitrogens with zero attached hydrogens (tertiary/aromatic N) is 3. The molecule has 4 aromatic rings. The van der Waals surface area contributed by atoms with Crippen LogP contribution in [0.2, 0.25) is 0 Å². The molecule has 180 valence electrons. The van der Waals surface area contributed by atoms with Crippen molar-refractivity contribution in [2.75, 3.05) is 14.2 Å². The van der Waals surface area contributed by atoms with Crippen molar-refractivity contribution in [2.45, 2.75) is 30.8 Å². The molecule has 0 saturated heterocycles. The van der Waals surface area contributed by atoms with Crippen molar-refractivity contribution in [3.05, 3.63) is 83.9 Å². The van der Waals surface area contributed by atoms with E-state index < -0.39 is 0 Å². The quantitative estimate of drug-likeness (QED) is 0.332. The zero-order chi connectivity index (χ0) is 24.8. The molecular formula is C27H28N4O3S. The molecule has 4 rings (SSSR count). The first-order valence-electron chi connectivity index (χ1n) is 11.2. The molecule has 0 radical (unpaired) electrons. The number of amides is 1. The number of rotatable bonds is 9. The molecule has 0 fully saturated rings. The summed E-state index contributed by atoms with van der Waals surface area (Å²) in [4.78, 5) is 12.9. The third-order valence-electron chi connectivity index (χ3n) is 5.57. The predicted octanol–water partition coefficient (Wildman–Crippen LogP) is 5.06. The number of aromatic nitrogens is 3. The molecule has 1 heterocycles. The SMILES string of the molecule is COc1ccc(-c2nnc(SC(C)C(=O)NCc3ccccc3OC)n2-c2ccc(C)cc2)cc1. The van der Waals surface area contributed by atoms with Crippen molar-refractivity contribution in [3.63, 3.8) is 0 Å². The van der Waals surface area contributed by atoms with E-state index >= 15 is 0 Å². The average molecular weight is 489 g/mol. The molecule has 1 aromatic heterocycles. The molecule has 3 aromatic carbocycles. The van der Waals surface area contributed by atoms with E-state index in [9.17, 15) is 4.79 Å². The van der Waals surface area contributed by atoms with Crippen LogP contribution in [-0.2, 0) is 11.3 Å². The van der Waals surface area contributed by atoms with Gasteiger partial charge in [-0.3, -0.25) is 9.36 Å². The molecule has 1 atom stereocenters. The summed E-state index contributed by atoms with van der Waals surface area (Å²) in [6.45, 7) is 4.29. The highest BCUT2D eigenvalue weighted by molar-refractivity contribution is 8.00. The summed E-state index contributed by atoms with van der Waals surface area (Å²) in [5.74, 6) is 2.12. The van der Waals surface area contributed by atoms with Gasteiger partial charge < -0.3 is 14.8 Å². The van der Waals surface area contributed by atoms with Gasteiger partial charge in [-0.25, -0.2) is 0 Å². The molecule has 0 aliphatic carbocycles. The van der Waals surface area contributed by atoms with Gasteiger partial charge in [-0.05, 0) is 56.3 Å². The highest BCUT2D eigenvalue weighted by atomic mass is 32.2.